The van der Waals surface area contributed by atoms with E-state index in [1.807, 2.05) is 19.3 Å². The van der Waals surface area contributed by atoms with Crippen molar-refractivity contribution >= 4 is 0 Å². The van der Waals surface area contributed by atoms with Crippen molar-refractivity contribution in [2.45, 2.75) is 45.2 Å². The van der Waals surface area contributed by atoms with Crippen molar-refractivity contribution in [1.29, 1.82) is 0 Å². The third-order valence-corrected chi connectivity index (χ3v) is 4.93. The molecule has 1 saturated heterocycles. The Kier molecular flexibility index (Phi) is 4.28. The number of nitrogens with zero attached hydrogens (tertiary/aromatic N) is 6. The van der Waals surface area contributed by atoms with Crippen molar-refractivity contribution in [1.82, 2.24) is 29.9 Å². The molecule has 2 aliphatic rings. The number of piperazine rings is 1. The van der Waals surface area contributed by atoms with Crippen LogP contribution >= 0.6 is 0 Å². The lowest BCUT2D eigenvalue weighted by molar-refractivity contribution is 0.0838. The topological polar surface area (TPSA) is 71.2 Å². The van der Waals surface area contributed by atoms with Crippen molar-refractivity contribution < 1.29 is 4.52 Å². The normalized spacial score (nSPS) is 21.1. The van der Waals surface area contributed by atoms with Crippen molar-refractivity contribution in [3.05, 3.63) is 35.5 Å². The summed E-state index contributed by atoms with van der Waals surface area (Å²) >= 11 is 0. The maximum absolute atomic E-state index is 5.48. The first kappa shape index (κ1) is 15.7. The predicted molar refractivity (Wildman–Crippen MR) is 88.3 cm³/mol. The summed E-state index contributed by atoms with van der Waals surface area (Å²) in [6.45, 7) is 9.02. The fraction of sp³-hybridized carbons (Fsp3) is 0.647. The molecular formula is C17H24N6O. The average molecular weight is 328 g/mol. The summed E-state index contributed by atoms with van der Waals surface area (Å²) in [4.78, 5) is 18.2. The van der Waals surface area contributed by atoms with E-state index in [9.17, 15) is 0 Å². The number of rotatable bonds is 5. The molecule has 0 radical (unpaired) electrons. The van der Waals surface area contributed by atoms with E-state index < -0.39 is 0 Å². The molecule has 0 bridgehead atoms. The summed E-state index contributed by atoms with van der Waals surface area (Å²) in [5.74, 6) is 2.20. The SMILES string of the molecule is Cc1cnc(CN2CCN([C@H](C)c3nc(C4CC4)no3)CC2)cn1. The summed E-state index contributed by atoms with van der Waals surface area (Å²) in [6, 6.07) is 0.186. The summed E-state index contributed by atoms with van der Waals surface area (Å²) in [5.41, 5.74) is 2.00. The second kappa shape index (κ2) is 6.57. The van der Waals surface area contributed by atoms with Gasteiger partial charge in [0.15, 0.2) is 5.82 Å². The molecule has 0 unspecified atom stereocenters. The molecule has 24 heavy (non-hydrogen) atoms. The van der Waals surface area contributed by atoms with Gasteiger partial charge in [-0.1, -0.05) is 5.16 Å². The molecule has 1 atom stereocenters. The Labute approximate surface area is 142 Å². The van der Waals surface area contributed by atoms with Crippen LogP contribution in [0, 0.1) is 6.92 Å². The minimum atomic E-state index is 0.186. The Morgan fingerprint density at radius 1 is 1.17 bits per heavy atom. The molecule has 1 aliphatic carbocycles. The number of aromatic nitrogens is 4. The second-order valence-electron chi connectivity index (χ2n) is 6.90. The molecule has 0 spiro atoms. The van der Waals surface area contributed by atoms with Gasteiger partial charge in [0, 0.05) is 51.0 Å². The molecule has 128 valence electrons. The van der Waals surface area contributed by atoms with Gasteiger partial charge in [0.05, 0.1) is 17.4 Å². The van der Waals surface area contributed by atoms with Crippen LogP contribution in [0.3, 0.4) is 0 Å². The van der Waals surface area contributed by atoms with Crippen molar-refractivity contribution in [3.8, 4) is 0 Å². The van der Waals surface area contributed by atoms with Gasteiger partial charge >= 0.3 is 0 Å². The molecular weight excluding hydrogens is 304 g/mol. The molecule has 7 heteroatoms. The van der Waals surface area contributed by atoms with Crippen molar-refractivity contribution in [2.24, 2.45) is 0 Å². The Balaban J connectivity index is 1.30. The monoisotopic (exact) mass is 328 g/mol. The number of hydrogen-bond donors (Lipinski definition) is 0. The first-order valence-corrected chi connectivity index (χ1v) is 8.76. The minimum absolute atomic E-state index is 0.186. The third kappa shape index (κ3) is 3.47. The highest BCUT2D eigenvalue weighted by Crippen LogP contribution is 2.38. The lowest BCUT2D eigenvalue weighted by Gasteiger charge is -2.36. The largest absolute Gasteiger partial charge is 0.338 e. The maximum atomic E-state index is 5.48. The van der Waals surface area contributed by atoms with Crippen molar-refractivity contribution in [3.63, 3.8) is 0 Å². The van der Waals surface area contributed by atoms with E-state index in [0.29, 0.717) is 5.92 Å². The van der Waals surface area contributed by atoms with Crippen LogP contribution in [0.2, 0.25) is 0 Å². The quantitative estimate of drug-likeness (QED) is 0.830. The predicted octanol–water partition coefficient (Wildman–Crippen LogP) is 1.92. The van der Waals surface area contributed by atoms with Crippen LogP contribution in [0.1, 0.15) is 54.8 Å². The van der Waals surface area contributed by atoms with Crippen molar-refractivity contribution in [2.75, 3.05) is 26.2 Å². The van der Waals surface area contributed by atoms with Crippen LogP contribution < -0.4 is 0 Å². The highest BCUT2D eigenvalue weighted by atomic mass is 16.5. The standard InChI is InChI=1S/C17H24N6O/c1-12-9-19-15(10-18-12)11-22-5-7-23(8-6-22)13(2)17-20-16(21-24-17)14-3-4-14/h9-10,13-14H,3-8,11H2,1-2H3/t13-/m1/s1. The van der Waals surface area contributed by atoms with Gasteiger partial charge in [-0.05, 0) is 26.7 Å². The van der Waals surface area contributed by atoms with Crippen LogP contribution in [0.4, 0.5) is 0 Å². The van der Waals surface area contributed by atoms with E-state index in [0.717, 1.165) is 55.8 Å². The minimum Gasteiger partial charge on any atom is -0.338 e. The average Bonchev–Trinajstić information content (AvgIpc) is 3.34. The molecule has 2 aromatic heterocycles. The van der Waals surface area contributed by atoms with Gasteiger partial charge in [-0.2, -0.15) is 4.98 Å². The van der Waals surface area contributed by atoms with Crippen LogP contribution in [0.25, 0.3) is 0 Å². The lowest BCUT2D eigenvalue weighted by Crippen LogP contribution is -2.46. The Morgan fingerprint density at radius 3 is 2.62 bits per heavy atom. The number of aryl methyl sites for hydroxylation is 1. The van der Waals surface area contributed by atoms with Crippen LogP contribution in [0.5, 0.6) is 0 Å². The van der Waals surface area contributed by atoms with Crippen LogP contribution in [-0.4, -0.2) is 56.1 Å². The van der Waals surface area contributed by atoms with E-state index in [2.05, 4.69) is 36.8 Å². The van der Waals surface area contributed by atoms with Gasteiger partial charge in [-0.15, -0.1) is 0 Å². The summed E-state index contributed by atoms with van der Waals surface area (Å²) in [5, 5.41) is 4.13. The fourth-order valence-electron chi connectivity index (χ4n) is 3.12. The van der Waals surface area contributed by atoms with E-state index in [1.54, 1.807) is 0 Å². The second-order valence-corrected chi connectivity index (χ2v) is 6.90. The first-order valence-electron chi connectivity index (χ1n) is 8.76. The zero-order valence-electron chi connectivity index (χ0n) is 14.4. The van der Waals surface area contributed by atoms with Gasteiger partial charge in [0.1, 0.15) is 0 Å². The van der Waals surface area contributed by atoms with Gasteiger partial charge in [-0.3, -0.25) is 19.8 Å². The van der Waals surface area contributed by atoms with Gasteiger partial charge in [0.2, 0.25) is 5.89 Å². The fourth-order valence-corrected chi connectivity index (χ4v) is 3.12. The third-order valence-electron chi connectivity index (χ3n) is 4.93. The molecule has 1 aliphatic heterocycles. The van der Waals surface area contributed by atoms with E-state index in [1.165, 1.54) is 12.8 Å². The molecule has 0 N–H and O–H groups in total. The molecule has 0 amide bonds. The molecule has 4 rings (SSSR count). The lowest BCUT2D eigenvalue weighted by atomic mass is 10.2. The molecule has 2 fully saturated rings. The van der Waals surface area contributed by atoms with E-state index >= 15 is 0 Å². The van der Waals surface area contributed by atoms with Crippen LogP contribution in [0.15, 0.2) is 16.9 Å². The number of hydrogen-bond acceptors (Lipinski definition) is 7. The molecule has 7 nitrogen and oxygen atoms in total. The van der Waals surface area contributed by atoms with E-state index in [4.69, 9.17) is 4.52 Å². The first-order chi connectivity index (χ1) is 11.7. The molecule has 1 saturated carbocycles. The molecule has 3 heterocycles. The Bertz CT molecular complexity index is 673. The summed E-state index contributed by atoms with van der Waals surface area (Å²) < 4.78 is 5.48. The summed E-state index contributed by atoms with van der Waals surface area (Å²) in [6.07, 6.45) is 6.12. The molecule has 0 aromatic carbocycles. The van der Waals surface area contributed by atoms with Gasteiger partial charge in [-0.25, -0.2) is 0 Å². The van der Waals surface area contributed by atoms with Gasteiger partial charge < -0.3 is 4.52 Å². The maximum Gasteiger partial charge on any atom is 0.243 e. The molecule has 2 aromatic rings. The smallest absolute Gasteiger partial charge is 0.243 e. The summed E-state index contributed by atoms with van der Waals surface area (Å²) in [7, 11) is 0. The highest BCUT2D eigenvalue weighted by molar-refractivity contribution is 5.05. The van der Waals surface area contributed by atoms with Crippen LogP contribution in [-0.2, 0) is 6.54 Å². The van der Waals surface area contributed by atoms with E-state index in [-0.39, 0.29) is 6.04 Å². The van der Waals surface area contributed by atoms with Gasteiger partial charge in [0.25, 0.3) is 0 Å². The zero-order valence-corrected chi connectivity index (χ0v) is 14.4. The highest BCUT2D eigenvalue weighted by Gasteiger charge is 2.31. The Morgan fingerprint density at radius 2 is 1.96 bits per heavy atom. The Hall–Kier alpha value is -1.86. The zero-order chi connectivity index (χ0) is 16.5.